The van der Waals surface area contributed by atoms with Crippen molar-refractivity contribution in [3.05, 3.63) is 24.3 Å². The minimum Gasteiger partial charge on any atom is -0.445 e. The van der Waals surface area contributed by atoms with Crippen molar-refractivity contribution < 1.29 is 9.53 Å². The maximum Gasteiger partial charge on any atom is 0.358 e. The van der Waals surface area contributed by atoms with Crippen molar-refractivity contribution in [1.82, 2.24) is 9.97 Å². The maximum absolute atomic E-state index is 10.8. The van der Waals surface area contributed by atoms with Crippen molar-refractivity contribution in [1.29, 1.82) is 0 Å². The van der Waals surface area contributed by atoms with Gasteiger partial charge in [0.05, 0.1) is 0 Å². The van der Waals surface area contributed by atoms with Gasteiger partial charge < -0.3 is 4.74 Å². The largest absolute Gasteiger partial charge is 0.445 e. The summed E-state index contributed by atoms with van der Waals surface area (Å²) in [5.74, 6) is -0.539. The van der Waals surface area contributed by atoms with Crippen molar-refractivity contribution in [3.8, 4) is 0 Å². The van der Waals surface area contributed by atoms with Crippen LogP contribution in [0.2, 0.25) is 0 Å². The molecule has 11 heavy (non-hydrogen) atoms. The summed E-state index contributed by atoms with van der Waals surface area (Å²) in [6.07, 6.45) is 2.72. The highest BCUT2D eigenvalue weighted by Gasteiger charge is 2.05. The van der Waals surface area contributed by atoms with Crippen LogP contribution in [0.5, 0.6) is 0 Å². The van der Waals surface area contributed by atoms with Crippen LogP contribution in [0, 0.1) is 0 Å². The number of halogens is 1. The number of esters is 1. The van der Waals surface area contributed by atoms with Gasteiger partial charge in [-0.05, 0) is 6.07 Å². The van der Waals surface area contributed by atoms with Gasteiger partial charge in [-0.3, -0.25) is 0 Å². The zero-order valence-corrected chi connectivity index (χ0v) is 6.28. The molecule has 0 radical (unpaired) electrons. The van der Waals surface area contributed by atoms with Gasteiger partial charge in [-0.15, -0.1) is 0 Å². The average Bonchev–Trinajstić information content (AvgIpc) is 2.07. The fourth-order valence-electron chi connectivity index (χ4n) is 0.535. The topological polar surface area (TPSA) is 52.1 Å². The quantitative estimate of drug-likeness (QED) is 0.490. The van der Waals surface area contributed by atoms with Gasteiger partial charge in [0.1, 0.15) is 6.33 Å². The molecule has 0 aliphatic heterocycles. The number of hydrogen-bond donors (Lipinski definition) is 0. The van der Waals surface area contributed by atoms with Gasteiger partial charge in [0, 0.05) is 6.20 Å². The SMILES string of the molecule is O=C(OCCl)c1ccncn1. The summed E-state index contributed by atoms with van der Waals surface area (Å²) >= 11 is 5.16. The van der Waals surface area contributed by atoms with Crippen LogP contribution >= 0.6 is 11.6 Å². The van der Waals surface area contributed by atoms with Gasteiger partial charge in [0.25, 0.3) is 0 Å². The lowest BCUT2D eigenvalue weighted by Crippen LogP contribution is -2.05. The summed E-state index contributed by atoms with van der Waals surface area (Å²) in [4.78, 5) is 18.1. The number of nitrogens with zero attached hydrogens (tertiary/aromatic N) is 2. The summed E-state index contributed by atoms with van der Waals surface area (Å²) in [6.45, 7) is 0. The summed E-state index contributed by atoms with van der Waals surface area (Å²) in [7, 11) is 0. The van der Waals surface area contributed by atoms with Crippen LogP contribution in [0.1, 0.15) is 10.5 Å². The molecule has 0 aliphatic carbocycles. The summed E-state index contributed by atoms with van der Waals surface area (Å²) < 4.78 is 4.46. The summed E-state index contributed by atoms with van der Waals surface area (Å²) in [5, 5.41) is 0. The van der Waals surface area contributed by atoms with Crippen LogP contribution in [0.15, 0.2) is 18.6 Å². The Balaban J connectivity index is 2.69. The number of aromatic nitrogens is 2. The van der Waals surface area contributed by atoms with E-state index in [1.807, 2.05) is 0 Å². The molecule has 1 aromatic heterocycles. The van der Waals surface area contributed by atoms with Crippen LogP contribution in [0.4, 0.5) is 0 Å². The molecule has 0 aromatic carbocycles. The molecule has 1 rings (SSSR count). The van der Waals surface area contributed by atoms with E-state index in [9.17, 15) is 4.79 Å². The Bertz CT molecular complexity index is 240. The van der Waals surface area contributed by atoms with E-state index >= 15 is 0 Å². The molecule has 4 nitrogen and oxygen atoms in total. The lowest BCUT2D eigenvalue weighted by molar-refractivity contribution is 0.0567. The molecule has 0 spiro atoms. The fraction of sp³-hybridized carbons (Fsp3) is 0.167. The van der Waals surface area contributed by atoms with E-state index in [4.69, 9.17) is 11.6 Å². The van der Waals surface area contributed by atoms with Gasteiger partial charge in [0.2, 0.25) is 0 Å². The molecule has 58 valence electrons. The molecule has 0 fully saturated rings. The predicted octanol–water partition coefficient (Wildman–Crippen LogP) is 0.830. The Morgan fingerprint density at radius 2 is 2.55 bits per heavy atom. The third kappa shape index (κ3) is 2.16. The number of hydrogen-bond acceptors (Lipinski definition) is 4. The number of carbonyl (C=O) groups excluding carboxylic acids is 1. The maximum atomic E-state index is 10.8. The van der Waals surface area contributed by atoms with E-state index in [2.05, 4.69) is 14.7 Å². The van der Waals surface area contributed by atoms with Crippen molar-refractivity contribution >= 4 is 17.6 Å². The highest BCUT2D eigenvalue weighted by atomic mass is 35.5. The Morgan fingerprint density at radius 1 is 1.73 bits per heavy atom. The van der Waals surface area contributed by atoms with Crippen LogP contribution in [-0.2, 0) is 4.74 Å². The third-order valence-corrected chi connectivity index (χ3v) is 1.09. The highest BCUT2D eigenvalue weighted by molar-refractivity contribution is 6.17. The fourth-order valence-corrected chi connectivity index (χ4v) is 0.634. The van der Waals surface area contributed by atoms with Crippen LogP contribution in [0.25, 0.3) is 0 Å². The Labute approximate surface area is 68.2 Å². The second kappa shape index (κ2) is 3.88. The lowest BCUT2D eigenvalue weighted by Gasteiger charge is -1.96. The number of carbonyl (C=O) groups is 1. The molecule has 0 N–H and O–H groups in total. The first-order chi connectivity index (χ1) is 5.34. The first-order valence-electron chi connectivity index (χ1n) is 2.83. The molecule has 0 saturated heterocycles. The lowest BCUT2D eigenvalue weighted by atomic mass is 10.4. The van der Waals surface area contributed by atoms with Crippen molar-refractivity contribution in [3.63, 3.8) is 0 Å². The van der Waals surface area contributed by atoms with Gasteiger partial charge in [0.15, 0.2) is 11.8 Å². The van der Waals surface area contributed by atoms with Crippen LogP contribution in [0.3, 0.4) is 0 Å². The Hall–Kier alpha value is -1.16. The minimum absolute atomic E-state index is 0.164. The van der Waals surface area contributed by atoms with Crippen molar-refractivity contribution in [2.24, 2.45) is 0 Å². The second-order valence-corrected chi connectivity index (χ2v) is 1.85. The molecule has 0 bridgehead atoms. The zero-order valence-electron chi connectivity index (χ0n) is 5.53. The van der Waals surface area contributed by atoms with E-state index in [-0.39, 0.29) is 11.8 Å². The zero-order chi connectivity index (χ0) is 8.10. The van der Waals surface area contributed by atoms with E-state index in [0.717, 1.165) is 0 Å². The van der Waals surface area contributed by atoms with Crippen LogP contribution < -0.4 is 0 Å². The first kappa shape index (κ1) is 7.94. The highest BCUT2D eigenvalue weighted by Crippen LogP contribution is 1.95. The average molecular weight is 173 g/mol. The van der Waals surface area contributed by atoms with Gasteiger partial charge >= 0.3 is 5.97 Å². The van der Waals surface area contributed by atoms with E-state index in [1.165, 1.54) is 18.6 Å². The van der Waals surface area contributed by atoms with Gasteiger partial charge in [-0.25, -0.2) is 14.8 Å². The minimum atomic E-state index is -0.539. The molecule has 0 atom stereocenters. The van der Waals surface area contributed by atoms with E-state index < -0.39 is 5.97 Å². The van der Waals surface area contributed by atoms with Gasteiger partial charge in [-0.2, -0.15) is 0 Å². The standard InChI is InChI=1S/C6H5ClN2O2/c7-3-11-6(10)5-1-2-8-4-9-5/h1-2,4H,3H2. The van der Waals surface area contributed by atoms with E-state index in [0.29, 0.717) is 0 Å². The monoisotopic (exact) mass is 172 g/mol. The molecule has 0 amide bonds. The third-order valence-electron chi connectivity index (χ3n) is 0.977. The smallest absolute Gasteiger partial charge is 0.358 e. The molecule has 5 heteroatoms. The predicted molar refractivity (Wildman–Crippen MR) is 38.2 cm³/mol. The van der Waals surface area contributed by atoms with Crippen molar-refractivity contribution in [2.75, 3.05) is 6.07 Å². The van der Waals surface area contributed by atoms with Gasteiger partial charge in [-0.1, -0.05) is 11.6 Å². The number of alkyl halides is 1. The normalized spacial score (nSPS) is 9.18. The Morgan fingerprint density at radius 3 is 3.09 bits per heavy atom. The molecular weight excluding hydrogens is 168 g/mol. The molecule has 0 unspecified atom stereocenters. The first-order valence-corrected chi connectivity index (χ1v) is 3.37. The van der Waals surface area contributed by atoms with Crippen LogP contribution in [-0.4, -0.2) is 22.0 Å². The molecule has 1 aromatic rings. The molecule has 0 aliphatic rings. The Kier molecular flexibility index (Phi) is 2.80. The summed E-state index contributed by atoms with van der Waals surface area (Å²) in [5.41, 5.74) is 0.209. The second-order valence-electron chi connectivity index (χ2n) is 1.64. The molecule has 1 heterocycles. The van der Waals surface area contributed by atoms with Crippen molar-refractivity contribution in [2.45, 2.75) is 0 Å². The summed E-state index contributed by atoms with van der Waals surface area (Å²) in [6, 6.07) is 1.29. The molecule has 0 saturated carbocycles. The number of ether oxygens (including phenoxy) is 1. The number of rotatable bonds is 2. The molecular formula is C6H5ClN2O2. The van der Waals surface area contributed by atoms with E-state index in [1.54, 1.807) is 0 Å².